The molecule has 0 aromatic heterocycles. The number of hydrogen-bond acceptors (Lipinski definition) is 6. The van der Waals surface area contributed by atoms with Crippen LogP contribution in [-0.2, 0) is 18.6 Å². The Morgan fingerprint density at radius 1 is 1.25 bits per heavy atom. The first-order chi connectivity index (χ1) is 10.9. The molecule has 1 aliphatic heterocycles. The molecule has 8 nitrogen and oxygen atoms in total. The molecule has 0 aromatic carbocycles. The van der Waals surface area contributed by atoms with E-state index in [4.69, 9.17) is 14.5 Å². The summed E-state index contributed by atoms with van der Waals surface area (Å²) < 4.78 is 24.2. The number of piperazine rings is 1. The molecular weight excluding hydrogens is 333 g/mol. The lowest BCUT2D eigenvalue weighted by Gasteiger charge is -2.39. The van der Waals surface area contributed by atoms with Crippen LogP contribution in [-0.4, -0.2) is 71.7 Å². The Bertz CT molecular complexity index is 530. The summed E-state index contributed by atoms with van der Waals surface area (Å²) in [5.74, 6) is 1.56. The van der Waals surface area contributed by atoms with Crippen LogP contribution in [0.2, 0.25) is 0 Å². The molecule has 0 bridgehead atoms. The van der Waals surface area contributed by atoms with Crippen LogP contribution in [0.4, 0.5) is 0 Å². The summed E-state index contributed by atoms with van der Waals surface area (Å²) >= 11 is 0. The van der Waals surface area contributed by atoms with Gasteiger partial charge in [0.05, 0.1) is 12.2 Å². The molecule has 0 saturated carbocycles. The van der Waals surface area contributed by atoms with E-state index in [1.165, 1.54) is 11.8 Å². The van der Waals surface area contributed by atoms with E-state index in [9.17, 15) is 14.5 Å². The maximum Gasteiger partial charge on any atom is 0.371 e. The number of nitrogens with zero attached hydrogens (tertiary/aromatic N) is 3. The minimum atomic E-state index is -3.45. The van der Waals surface area contributed by atoms with Crippen LogP contribution in [0.5, 0.6) is 0 Å². The predicted molar refractivity (Wildman–Crippen MR) is 89.3 cm³/mol. The second kappa shape index (κ2) is 7.94. The molecule has 1 aliphatic rings. The van der Waals surface area contributed by atoms with Crippen LogP contribution < -0.4 is 0 Å². The molecule has 1 amide bonds. The summed E-state index contributed by atoms with van der Waals surface area (Å²) in [5.41, 5.74) is -1.85. The fourth-order valence-electron chi connectivity index (χ4n) is 2.38. The van der Waals surface area contributed by atoms with E-state index < -0.39 is 18.7 Å². The molecule has 1 unspecified atom stereocenters. The molecule has 0 aromatic rings. The summed E-state index contributed by atoms with van der Waals surface area (Å²) in [6, 6.07) is 0. The highest BCUT2D eigenvalue weighted by molar-refractivity contribution is 7.61. The Kier molecular flexibility index (Phi) is 6.97. The molecular formula is C15H28N3O5P. The van der Waals surface area contributed by atoms with Gasteiger partial charge in [0, 0.05) is 33.3 Å². The molecule has 1 fully saturated rings. The lowest BCUT2D eigenvalue weighted by atomic mass is 10.0. The second-order valence-electron chi connectivity index (χ2n) is 6.97. The minimum absolute atomic E-state index is 0.165. The van der Waals surface area contributed by atoms with E-state index in [0.717, 1.165) is 0 Å². The highest BCUT2D eigenvalue weighted by Gasteiger charge is 2.38. The highest BCUT2D eigenvalue weighted by Crippen LogP contribution is 2.48. The zero-order chi connectivity index (χ0) is 18.6. The van der Waals surface area contributed by atoms with Crippen molar-refractivity contribution in [1.82, 2.24) is 9.57 Å². The van der Waals surface area contributed by atoms with Gasteiger partial charge in [-0.1, -0.05) is 0 Å². The number of ether oxygens (including phenoxy) is 1. The second-order valence-corrected chi connectivity index (χ2v) is 9.14. The van der Waals surface area contributed by atoms with Gasteiger partial charge in [-0.05, 0) is 34.1 Å². The molecule has 9 heteroatoms. The lowest BCUT2D eigenvalue weighted by Crippen LogP contribution is -2.54. The van der Waals surface area contributed by atoms with E-state index in [1.807, 2.05) is 0 Å². The fraction of sp³-hybridized carbons (Fsp3) is 0.867. The number of carbonyl (C=O) groups excluding carboxylic acids is 1. The van der Waals surface area contributed by atoms with Crippen molar-refractivity contribution in [2.75, 3.05) is 39.9 Å². The molecule has 24 heavy (non-hydrogen) atoms. The van der Waals surface area contributed by atoms with Crippen molar-refractivity contribution in [2.24, 2.45) is 0 Å². The van der Waals surface area contributed by atoms with Crippen LogP contribution in [0.1, 0.15) is 34.1 Å². The lowest BCUT2D eigenvalue weighted by molar-refractivity contribution is -0.157. The van der Waals surface area contributed by atoms with Crippen molar-refractivity contribution < 1.29 is 23.7 Å². The maximum absolute atomic E-state index is 12.6. The number of carbonyl (C=O) groups is 1. The largest absolute Gasteiger partial charge is 0.390 e. The van der Waals surface area contributed by atoms with E-state index in [1.54, 1.807) is 38.4 Å². The molecule has 1 N–H and O–H groups in total. The summed E-state index contributed by atoms with van der Waals surface area (Å²) in [5, 5.41) is 18.7. The summed E-state index contributed by atoms with van der Waals surface area (Å²) in [4.78, 5) is 14.3. The Morgan fingerprint density at radius 2 is 1.79 bits per heavy atom. The third-order valence-corrected chi connectivity index (χ3v) is 5.87. The minimum Gasteiger partial charge on any atom is -0.390 e. The van der Waals surface area contributed by atoms with Crippen LogP contribution in [0.15, 0.2) is 0 Å². The van der Waals surface area contributed by atoms with Crippen LogP contribution in [0.25, 0.3) is 0 Å². The van der Waals surface area contributed by atoms with Crippen LogP contribution >= 0.6 is 7.52 Å². The Morgan fingerprint density at radius 3 is 2.21 bits per heavy atom. The average molecular weight is 361 g/mol. The van der Waals surface area contributed by atoms with Gasteiger partial charge in [0.2, 0.25) is 0 Å². The highest BCUT2D eigenvalue weighted by atomic mass is 31.2. The van der Waals surface area contributed by atoms with Crippen molar-refractivity contribution in [3.05, 3.63) is 0 Å². The average Bonchev–Trinajstić information content (AvgIpc) is 2.52. The first kappa shape index (κ1) is 21.1. The van der Waals surface area contributed by atoms with E-state index >= 15 is 0 Å². The molecule has 0 aliphatic carbocycles. The van der Waals surface area contributed by atoms with Gasteiger partial charge in [0.1, 0.15) is 5.60 Å². The van der Waals surface area contributed by atoms with Crippen molar-refractivity contribution in [1.29, 1.82) is 5.26 Å². The number of nitriles is 1. The summed E-state index contributed by atoms with van der Waals surface area (Å²) in [6.07, 6.45) is 0.427. The van der Waals surface area contributed by atoms with Gasteiger partial charge in [-0.2, -0.15) is 5.26 Å². The van der Waals surface area contributed by atoms with Crippen LogP contribution in [0.3, 0.4) is 0 Å². The molecule has 0 radical (unpaired) electrons. The number of hydrogen-bond donors (Lipinski definition) is 1. The molecule has 138 valence electrons. The smallest absolute Gasteiger partial charge is 0.371 e. The molecule has 1 saturated heterocycles. The first-order valence-electron chi connectivity index (χ1n) is 7.93. The molecule has 1 heterocycles. The molecule has 1 rings (SSSR count). The Labute approximate surface area is 143 Å². The van der Waals surface area contributed by atoms with Gasteiger partial charge in [0.15, 0.2) is 5.81 Å². The summed E-state index contributed by atoms with van der Waals surface area (Å²) in [6.45, 7) is 8.37. The van der Waals surface area contributed by atoms with Gasteiger partial charge < -0.3 is 19.3 Å². The standard InChI is InChI=1S/C15H28N3O5P/c1-14(2,20)6-11-23-15(3,4)13(19)17-7-9-18(10-8-17)24(21,12-16)22-5/h20H,6-11H2,1-5H3. The van der Waals surface area contributed by atoms with Crippen molar-refractivity contribution >= 4 is 13.4 Å². The zero-order valence-corrected chi connectivity index (χ0v) is 16.0. The van der Waals surface area contributed by atoms with E-state index in [2.05, 4.69) is 0 Å². The normalized spacial score (nSPS) is 19.6. The quantitative estimate of drug-likeness (QED) is 0.684. The molecule has 1 atom stereocenters. The topological polar surface area (TPSA) is 103 Å². The Hall–Kier alpha value is -0.970. The SMILES string of the molecule is COP(=O)(C#N)N1CCN(C(=O)C(C)(C)OCCC(C)(C)O)CC1. The third-order valence-electron chi connectivity index (χ3n) is 3.98. The van der Waals surface area contributed by atoms with E-state index in [0.29, 0.717) is 32.6 Å². The van der Waals surface area contributed by atoms with Gasteiger partial charge in [-0.25, -0.2) is 4.67 Å². The Balaban J connectivity index is 2.58. The monoisotopic (exact) mass is 361 g/mol. The van der Waals surface area contributed by atoms with Crippen molar-refractivity contribution in [2.45, 2.75) is 45.3 Å². The van der Waals surface area contributed by atoms with Gasteiger partial charge in [-0.15, -0.1) is 0 Å². The fourth-order valence-corrected chi connectivity index (χ4v) is 3.52. The first-order valence-corrected chi connectivity index (χ1v) is 9.51. The van der Waals surface area contributed by atoms with E-state index in [-0.39, 0.29) is 12.5 Å². The zero-order valence-electron chi connectivity index (χ0n) is 15.1. The predicted octanol–water partition coefficient (Wildman–Crippen LogP) is 1.41. The van der Waals surface area contributed by atoms with Crippen LogP contribution in [0, 0.1) is 11.1 Å². The number of rotatable bonds is 7. The van der Waals surface area contributed by atoms with Gasteiger partial charge in [0.25, 0.3) is 5.91 Å². The van der Waals surface area contributed by atoms with Gasteiger partial charge >= 0.3 is 7.52 Å². The van der Waals surface area contributed by atoms with Crippen molar-refractivity contribution in [3.63, 3.8) is 0 Å². The third kappa shape index (κ3) is 5.54. The maximum atomic E-state index is 12.6. The van der Waals surface area contributed by atoms with Crippen molar-refractivity contribution in [3.8, 4) is 5.81 Å². The summed E-state index contributed by atoms with van der Waals surface area (Å²) in [7, 11) is -2.20. The van der Waals surface area contributed by atoms with Gasteiger partial charge in [-0.3, -0.25) is 9.36 Å². The molecule has 0 spiro atoms. The number of aliphatic hydroxyl groups is 1. The number of amides is 1.